The molecule has 2 aliphatic rings. The van der Waals surface area contributed by atoms with E-state index in [1.807, 2.05) is 0 Å². The minimum absolute atomic E-state index is 0.116. The summed E-state index contributed by atoms with van der Waals surface area (Å²) in [7, 11) is 1.77. The molecule has 1 aromatic rings. The van der Waals surface area contributed by atoms with Gasteiger partial charge in [0.05, 0.1) is 6.54 Å². The summed E-state index contributed by atoms with van der Waals surface area (Å²) in [5.74, 6) is 0.502. The van der Waals surface area contributed by atoms with Crippen LogP contribution in [0.5, 0.6) is 0 Å². The zero-order valence-electron chi connectivity index (χ0n) is 12.2. The first-order chi connectivity index (χ1) is 10.1. The number of urea groups is 1. The number of hydrogen-bond acceptors (Lipinski definition) is 6. The third-order valence-corrected chi connectivity index (χ3v) is 5.25. The van der Waals surface area contributed by atoms with Crippen molar-refractivity contribution in [2.45, 2.75) is 44.7 Å². The first-order valence-corrected chi connectivity index (χ1v) is 7.96. The average Bonchev–Trinajstić information content (AvgIpc) is 3.01. The molecule has 0 aromatic carbocycles. The summed E-state index contributed by atoms with van der Waals surface area (Å²) in [4.78, 5) is 26.2. The van der Waals surface area contributed by atoms with E-state index in [2.05, 4.69) is 27.1 Å². The number of rotatable bonds is 3. The maximum absolute atomic E-state index is 12.7. The Hall–Kier alpha value is -1.70. The Balaban J connectivity index is 1.78. The molecule has 1 spiro atoms. The van der Waals surface area contributed by atoms with Crippen LogP contribution in [0, 0.1) is 5.92 Å². The molecule has 0 atom stereocenters. The largest absolute Gasteiger partial charge is 0.377 e. The van der Waals surface area contributed by atoms with Crippen molar-refractivity contribution in [1.29, 1.82) is 0 Å². The van der Waals surface area contributed by atoms with Crippen LogP contribution >= 0.6 is 11.5 Å². The zero-order chi connectivity index (χ0) is 15.0. The second-order valence-corrected chi connectivity index (χ2v) is 6.64. The zero-order valence-corrected chi connectivity index (χ0v) is 13.0. The van der Waals surface area contributed by atoms with Gasteiger partial charge >= 0.3 is 6.03 Å². The molecule has 21 heavy (non-hydrogen) atoms. The van der Waals surface area contributed by atoms with Crippen molar-refractivity contribution in [3.8, 4) is 0 Å². The normalized spacial score (nSPS) is 29.0. The SMILES string of the molecule is CNc1snnc1CN1C(=O)NC2(CCC(C)CC2)C1=O. The molecule has 7 nitrogen and oxygen atoms in total. The molecule has 1 saturated carbocycles. The van der Waals surface area contributed by atoms with E-state index in [9.17, 15) is 9.59 Å². The molecule has 8 heteroatoms. The highest BCUT2D eigenvalue weighted by atomic mass is 32.1. The molecule has 114 valence electrons. The highest BCUT2D eigenvalue weighted by molar-refractivity contribution is 7.10. The Kier molecular flexibility index (Phi) is 3.56. The van der Waals surface area contributed by atoms with E-state index in [4.69, 9.17) is 0 Å². The predicted octanol–water partition coefficient (Wildman–Crippen LogP) is 1.58. The molecule has 1 saturated heterocycles. The van der Waals surface area contributed by atoms with Crippen molar-refractivity contribution in [2.24, 2.45) is 5.92 Å². The van der Waals surface area contributed by atoms with E-state index in [1.54, 1.807) is 7.05 Å². The number of aromatic nitrogens is 2. The highest BCUT2D eigenvalue weighted by Crippen LogP contribution is 2.37. The molecule has 1 aromatic heterocycles. The molecule has 3 rings (SSSR count). The van der Waals surface area contributed by atoms with Gasteiger partial charge in [-0.15, -0.1) is 5.10 Å². The number of amides is 3. The number of nitrogens with one attached hydrogen (secondary N) is 2. The molecule has 2 heterocycles. The summed E-state index contributed by atoms with van der Waals surface area (Å²) in [6, 6.07) is -0.315. The molecule has 0 radical (unpaired) electrons. The van der Waals surface area contributed by atoms with Crippen molar-refractivity contribution < 1.29 is 9.59 Å². The summed E-state index contributed by atoms with van der Waals surface area (Å²) < 4.78 is 3.86. The third-order valence-electron chi connectivity index (χ3n) is 4.46. The summed E-state index contributed by atoms with van der Waals surface area (Å²) in [6.45, 7) is 2.36. The van der Waals surface area contributed by atoms with Crippen LogP contribution in [-0.4, -0.2) is 39.0 Å². The van der Waals surface area contributed by atoms with Crippen LogP contribution in [0.4, 0.5) is 9.80 Å². The Labute approximate surface area is 127 Å². The van der Waals surface area contributed by atoms with Crippen LogP contribution in [0.2, 0.25) is 0 Å². The van der Waals surface area contributed by atoms with E-state index < -0.39 is 5.54 Å². The summed E-state index contributed by atoms with van der Waals surface area (Å²) in [5, 5.41) is 10.7. The van der Waals surface area contributed by atoms with Gasteiger partial charge in [-0.05, 0) is 31.6 Å². The lowest BCUT2D eigenvalue weighted by Gasteiger charge is -2.33. The van der Waals surface area contributed by atoms with Gasteiger partial charge in [0, 0.05) is 18.6 Å². The lowest BCUT2D eigenvalue weighted by molar-refractivity contribution is -0.133. The fraction of sp³-hybridized carbons (Fsp3) is 0.692. The van der Waals surface area contributed by atoms with Gasteiger partial charge in [0.1, 0.15) is 16.2 Å². The van der Waals surface area contributed by atoms with Gasteiger partial charge in [-0.2, -0.15) is 0 Å². The second-order valence-electron chi connectivity index (χ2n) is 5.88. The van der Waals surface area contributed by atoms with Crippen LogP contribution < -0.4 is 10.6 Å². The van der Waals surface area contributed by atoms with Gasteiger partial charge in [-0.1, -0.05) is 11.4 Å². The molecular weight excluding hydrogens is 290 g/mol. The summed E-state index contributed by atoms with van der Waals surface area (Å²) >= 11 is 1.22. The number of carbonyl (C=O) groups excluding carboxylic acids is 2. The Morgan fingerprint density at radius 3 is 2.81 bits per heavy atom. The summed E-state index contributed by atoms with van der Waals surface area (Å²) in [6.07, 6.45) is 3.40. The van der Waals surface area contributed by atoms with Gasteiger partial charge in [0.2, 0.25) is 0 Å². The van der Waals surface area contributed by atoms with Crippen LogP contribution in [0.3, 0.4) is 0 Å². The van der Waals surface area contributed by atoms with Gasteiger partial charge in [0.15, 0.2) is 0 Å². The molecule has 1 aliphatic heterocycles. The number of hydrogen-bond donors (Lipinski definition) is 2. The van der Waals surface area contributed by atoms with Crippen LogP contribution in [-0.2, 0) is 11.3 Å². The van der Waals surface area contributed by atoms with Gasteiger partial charge in [-0.25, -0.2) is 4.79 Å². The first-order valence-electron chi connectivity index (χ1n) is 7.19. The third kappa shape index (κ3) is 2.37. The molecule has 1 aliphatic carbocycles. The van der Waals surface area contributed by atoms with E-state index in [1.165, 1.54) is 16.4 Å². The van der Waals surface area contributed by atoms with Crippen LogP contribution in [0.25, 0.3) is 0 Å². The molecule has 2 N–H and O–H groups in total. The topological polar surface area (TPSA) is 87.2 Å². The number of anilines is 1. The van der Waals surface area contributed by atoms with Crippen LogP contribution in [0.15, 0.2) is 0 Å². The van der Waals surface area contributed by atoms with Crippen molar-refractivity contribution in [3.63, 3.8) is 0 Å². The van der Waals surface area contributed by atoms with Gasteiger partial charge in [-0.3, -0.25) is 9.69 Å². The Bertz CT molecular complexity index is 565. The van der Waals surface area contributed by atoms with E-state index in [0.29, 0.717) is 11.6 Å². The van der Waals surface area contributed by atoms with E-state index in [-0.39, 0.29) is 18.5 Å². The number of imide groups is 1. The summed E-state index contributed by atoms with van der Waals surface area (Å²) in [5.41, 5.74) is -0.0560. The van der Waals surface area contributed by atoms with Crippen molar-refractivity contribution >= 4 is 28.5 Å². The quantitative estimate of drug-likeness (QED) is 0.828. The fourth-order valence-corrected chi connectivity index (χ4v) is 3.59. The number of carbonyl (C=O) groups is 2. The predicted molar refractivity (Wildman–Crippen MR) is 78.9 cm³/mol. The average molecular weight is 309 g/mol. The maximum atomic E-state index is 12.7. The smallest absolute Gasteiger partial charge is 0.325 e. The van der Waals surface area contributed by atoms with Crippen molar-refractivity contribution in [2.75, 3.05) is 12.4 Å². The van der Waals surface area contributed by atoms with Crippen LogP contribution in [0.1, 0.15) is 38.3 Å². The number of nitrogens with zero attached hydrogens (tertiary/aromatic N) is 3. The molecule has 2 fully saturated rings. The highest BCUT2D eigenvalue weighted by Gasteiger charge is 2.52. The lowest BCUT2D eigenvalue weighted by atomic mass is 9.77. The lowest BCUT2D eigenvalue weighted by Crippen LogP contribution is -2.49. The Morgan fingerprint density at radius 2 is 2.14 bits per heavy atom. The minimum Gasteiger partial charge on any atom is -0.377 e. The monoisotopic (exact) mass is 309 g/mol. The van der Waals surface area contributed by atoms with E-state index >= 15 is 0 Å². The second kappa shape index (κ2) is 5.25. The van der Waals surface area contributed by atoms with Gasteiger partial charge in [0.25, 0.3) is 5.91 Å². The van der Waals surface area contributed by atoms with E-state index in [0.717, 1.165) is 30.7 Å². The fourth-order valence-electron chi connectivity index (χ4n) is 3.07. The molecule has 0 unspecified atom stereocenters. The molecular formula is C13H19N5O2S. The standard InChI is InChI=1S/C13H19N5O2S/c1-8-3-5-13(6-4-8)11(19)18(12(20)15-13)7-9-10(14-2)21-17-16-9/h8,14H,3-7H2,1-2H3,(H,15,20). The van der Waals surface area contributed by atoms with Crippen molar-refractivity contribution in [1.82, 2.24) is 19.8 Å². The maximum Gasteiger partial charge on any atom is 0.325 e. The van der Waals surface area contributed by atoms with Crippen molar-refractivity contribution in [3.05, 3.63) is 5.69 Å². The Morgan fingerprint density at radius 1 is 1.43 bits per heavy atom. The molecule has 3 amide bonds. The molecule has 0 bridgehead atoms. The first kappa shape index (κ1) is 14.2. The van der Waals surface area contributed by atoms with Gasteiger partial charge < -0.3 is 10.6 Å². The minimum atomic E-state index is -0.688.